The molecule has 116 valence electrons. The SMILES string of the molecule is O=C(CCCNC(=O)c1cccs1)NCC1CCCC1O. The van der Waals surface area contributed by atoms with E-state index in [0.29, 0.717) is 30.8 Å². The Morgan fingerprint density at radius 1 is 1.33 bits per heavy atom. The predicted molar refractivity (Wildman–Crippen MR) is 82.2 cm³/mol. The van der Waals surface area contributed by atoms with Crippen LogP contribution in [0.25, 0.3) is 0 Å². The summed E-state index contributed by atoms with van der Waals surface area (Å²) in [6, 6.07) is 3.62. The lowest BCUT2D eigenvalue weighted by molar-refractivity contribution is -0.121. The number of amides is 2. The molecule has 1 aromatic heterocycles. The molecular weight excluding hydrogens is 288 g/mol. The second-order valence-corrected chi connectivity index (χ2v) is 6.35. The van der Waals surface area contributed by atoms with Crippen LogP contribution in [0, 0.1) is 5.92 Å². The highest BCUT2D eigenvalue weighted by Crippen LogP contribution is 2.24. The summed E-state index contributed by atoms with van der Waals surface area (Å²) >= 11 is 1.40. The van der Waals surface area contributed by atoms with Crippen LogP contribution in [-0.2, 0) is 4.79 Å². The van der Waals surface area contributed by atoms with E-state index in [2.05, 4.69) is 10.6 Å². The number of aliphatic hydroxyl groups excluding tert-OH is 1. The van der Waals surface area contributed by atoms with Gasteiger partial charge in [-0.05, 0) is 30.7 Å². The number of carbonyl (C=O) groups is 2. The average molecular weight is 310 g/mol. The Labute approximate surface area is 128 Å². The molecule has 0 saturated heterocycles. The molecule has 2 rings (SSSR count). The minimum absolute atomic E-state index is 0.0144. The van der Waals surface area contributed by atoms with Crippen molar-refractivity contribution in [1.29, 1.82) is 0 Å². The lowest BCUT2D eigenvalue weighted by atomic mass is 10.1. The van der Waals surface area contributed by atoms with Gasteiger partial charge in [0, 0.05) is 25.4 Å². The molecule has 0 aliphatic heterocycles. The molecule has 1 saturated carbocycles. The van der Waals surface area contributed by atoms with Crippen molar-refractivity contribution < 1.29 is 14.7 Å². The Bertz CT molecular complexity index is 461. The molecule has 1 aliphatic carbocycles. The number of hydrogen-bond acceptors (Lipinski definition) is 4. The van der Waals surface area contributed by atoms with E-state index in [4.69, 9.17) is 0 Å². The van der Waals surface area contributed by atoms with Crippen molar-refractivity contribution in [2.75, 3.05) is 13.1 Å². The average Bonchev–Trinajstić information content (AvgIpc) is 3.12. The highest BCUT2D eigenvalue weighted by atomic mass is 32.1. The van der Waals surface area contributed by atoms with Gasteiger partial charge < -0.3 is 15.7 Å². The van der Waals surface area contributed by atoms with Crippen LogP contribution < -0.4 is 10.6 Å². The monoisotopic (exact) mass is 310 g/mol. The molecule has 3 N–H and O–H groups in total. The zero-order valence-corrected chi connectivity index (χ0v) is 12.8. The van der Waals surface area contributed by atoms with Gasteiger partial charge in [-0.15, -0.1) is 11.3 Å². The van der Waals surface area contributed by atoms with Gasteiger partial charge in [0.15, 0.2) is 0 Å². The van der Waals surface area contributed by atoms with Crippen LogP contribution in [-0.4, -0.2) is 36.1 Å². The van der Waals surface area contributed by atoms with Crippen molar-refractivity contribution >= 4 is 23.2 Å². The lowest BCUT2D eigenvalue weighted by Gasteiger charge is -2.15. The third-order valence-corrected chi connectivity index (χ3v) is 4.66. The van der Waals surface area contributed by atoms with E-state index in [9.17, 15) is 14.7 Å². The molecule has 21 heavy (non-hydrogen) atoms. The summed E-state index contributed by atoms with van der Waals surface area (Å²) in [6.07, 6.45) is 3.61. The number of nitrogens with one attached hydrogen (secondary N) is 2. The van der Waals surface area contributed by atoms with Gasteiger partial charge in [-0.3, -0.25) is 9.59 Å². The van der Waals surface area contributed by atoms with Crippen molar-refractivity contribution in [1.82, 2.24) is 10.6 Å². The minimum Gasteiger partial charge on any atom is -0.393 e. The van der Waals surface area contributed by atoms with Gasteiger partial charge in [0.05, 0.1) is 11.0 Å². The fraction of sp³-hybridized carbons (Fsp3) is 0.600. The molecule has 2 unspecified atom stereocenters. The second kappa shape index (κ2) is 8.14. The predicted octanol–water partition coefficient (Wildman–Crippen LogP) is 1.54. The van der Waals surface area contributed by atoms with E-state index in [0.717, 1.165) is 19.3 Å². The molecule has 0 bridgehead atoms. The molecule has 1 aromatic rings. The first-order valence-corrected chi connectivity index (χ1v) is 8.31. The molecule has 0 aromatic carbocycles. The molecule has 1 aliphatic rings. The zero-order chi connectivity index (χ0) is 15.1. The summed E-state index contributed by atoms with van der Waals surface area (Å²) in [5, 5.41) is 17.2. The van der Waals surface area contributed by atoms with Crippen molar-refractivity contribution in [3.05, 3.63) is 22.4 Å². The van der Waals surface area contributed by atoms with E-state index in [-0.39, 0.29) is 23.8 Å². The quantitative estimate of drug-likeness (QED) is 0.668. The maximum Gasteiger partial charge on any atom is 0.261 e. The van der Waals surface area contributed by atoms with E-state index in [1.807, 2.05) is 11.4 Å². The van der Waals surface area contributed by atoms with Crippen LogP contribution in [0.5, 0.6) is 0 Å². The van der Waals surface area contributed by atoms with Gasteiger partial charge in [0.1, 0.15) is 0 Å². The van der Waals surface area contributed by atoms with Gasteiger partial charge in [-0.2, -0.15) is 0 Å². The molecule has 0 spiro atoms. The maximum absolute atomic E-state index is 11.7. The molecule has 2 amide bonds. The van der Waals surface area contributed by atoms with Crippen molar-refractivity contribution in [3.8, 4) is 0 Å². The van der Waals surface area contributed by atoms with Crippen LogP contribution in [0.2, 0.25) is 0 Å². The molecule has 1 heterocycles. The Morgan fingerprint density at radius 2 is 2.19 bits per heavy atom. The van der Waals surface area contributed by atoms with Crippen LogP contribution >= 0.6 is 11.3 Å². The third-order valence-electron chi connectivity index (χ3n) is 3.79. The van der Waals surface area contributed by atoms with Crippen LogP contribution in [0.3, 0.4) is 0 Å². The van der Waals surface area contributed by atoms with Gasteiger partial charge in [-0.25, -0.2) is 0 Å². The van der Waals surface area contributed by atoms with Crippen molar-refractivity contribution in [2.45, 2.75) is 38.2 Å². The highest BCUT2D eigenvalue weighted by molar-refractivity contribution is 7.12. The molecule has 6 heteroatoms. The minimum atomic E-state index is -0.268. The largest absolute Gasteiger partial charge is 0.393 e. The van der Waals surface area contributed by atoms with Gasteiger partial charge in [0.25, 0.3) is 5.91 Å². The van der Waals surface area contributed by atoms with E-state index in [1.165, 1.54) is 11.3 Å². The van der Waals surface area contributed by atoms with Crippen molar-refractivity contribution in [3.63, 3.8) is 0 Å². The normalized spacial score (nSPS) is 21.2. The van der Waals surface area contributed by atoms with E-state index >= 15 is 0 Å². The first-order valence-electron chi connectivity index (χ1n) is 7.43. The summed E-state index contributed by atoms with van der Waals surface area (Å²) in [6.45, 7) is 1.05. The summed E-state index contributed by atoms with van der Waals surface area (Å²) in [5.41, 5.74) is 0. The number of hydrogen-bond donors (Lipinski definition) is 3. The Morgan fingerprint density at radius 3 is 2.86 bits per heavy atom. The zero-order valence-electron chi connectivity index (χ0n) is 12.0. The van der Waals surface area contributed by atoms with Crippen LogP contribution in [0.1, 0.15) is 41.8 Å². The standard InChI is InChI=1S/C15H22N2O3S/c18-12-5-1-4-11(12)10-17-14(19)7-2-8-16-15(20)13-6-3-9-21-13/h3,6,9,11-12,18H,1-2,4-5,7-8,10H2,(H,16,20)(H,17,19). The lowest BCUT2D eigenvalue weighted by Crippen LogP contribution is -2.33. The highest BCUT2D eigenvalue weighted by Gasteiger charge is 2.25. The van der Waals surface area contributed by atoms with Gasteiger partial charge in [-0.1, -0.05) is 12.5 Å². The van der Waals surface area contributed by atoms with Gasteiger partial charge >= 0.3 is 0 Å². The van der Waals surface area contributed by atoms with E-state index < -0.39 is 0 Å². The second-order valence-electron chi connectivity index (χ2n) is 5.40. The first kappa shape index (κ1) is 16.0. The summed E-state index contributed by atoms with van der Waals surface area (Å²) in [7, 11) is 0. The summed E-state index contributed by atoms with van der Waals surface area (Å²) in [5.74, 6) is 0.103. The molecule has 2 atom stereocenters. The van der Waals surface area contributed by atoms with Gasteiger partial charge in [0.2, 0.25) is 5.91 Å². The summed E-state index contributed by atoms with van der Waals surface area (Å²) < 4.78 is 0. The van der Waals surface area contributed by atoms with Crippen LogP contribution in [0.4, 0.5) is 0 Å². The topological polar surface area (TPSA) is 78.4 Å². The summed E-state index contributed by atoms with van der Waals surface area (Å²) in [4.78, 5) is 24.0. The molecular formula is C15H22N2O3S. The van der Waals surface area contributed by atoms with Crippen LogP contribution in [0.15, 0.2) is 17.5 Å². The Hall–Kier alpha value is -1.40. The van der Waals surface area contributed by atoms with Crippen molar-refractivity contribution in [2.24, 2.45) is 5.92 Å². The molecule has 0 radical (unpaired) electrons. The van der Waals surface area contributed by atoms with E-state index in [1.54, 1.807) is 6.07 Å². The fourth-order valence-electron chi connectivity index (χ4n) is 2.53. The number of aliphatic hydroxyl groups is 1. The third kappa shape index (κ3) is 5.13. The smallest absolute Gasteiger partial charge is 0.261 e. The molecule has 5 nitrogen and oxygen atoms in total. The number of rotatable bonds is 7. The fourth-order valence-corrected chi connectivity index (χ4v) is 3.17. The number of thiophene rings is 1. The Balaban J connectivity index is 1.54. The maximum atomic E-state index is 11.7. The number of carbonyl (C=O) groups excluding carboxylic acids is 2. The first-order chi connectivity index (χ1) is 10.2. The molecule has 1 fully saturated rings. The Kier molecular flexibility index (Phi) is 6.20.